The zero-order valence-corrected chi connectivity index (χ0v) is 12.1. The fourth-order valence-electron chi connectivity index (χ4n) is 2.42. The van der Waals surface area contributed by atoms with Crippen molar-refractivity contribution in [1.29, 1.82) is 0 Å². The molecule has 0 radical (unpaired) electrons. The van der Waals surface area contributed by atoms with Gasteiger partial charge in [-0.2, -0.15) is 11.8 Å². The van der Waals surface area contributed by atoms with E-state index in [4.69, 9.17) is 10.5 Å². The van der Waals surface area contributed by atoms with Crippen molar-refractivity contribution < 1.29 is 4.74 Å². The van der Waals surface area contributed by atoms with Crippen molar-refractivity contribution in [2.45, 2.75) is 38.8 Å². The van der Waals surface area contributed by atoms with Gasteiger partial charge in [0.1, 0.15) is 0 Å². The Bertz CT molecular complexity index is 368. The lowest BCUT2D eigenvalue weighted by atomic mass is 10.0. The molecule has 3 heteroatoms. The standard InChI is InChI=1S/C15H23NOS/c1-11-6-12(2)8-13(7-11)15(16)10-18-9-14-4-3-5-17-14/h6-8,14-15H,3-5,9-10,16H2,1-2H3. The van der Waals surface area contributed by atoms with Gasteiger partial charge in [0.05, 0.1) is 6.10 Å². The van der Waals surface area contributed by atoms with E-state index in [0.717, 1.165) is 18.1 Å². The Morgan fingerprint density at radius 2 is 2.06 bits per heavy atom. The van der Waals surface area contributed by atoms with Crippen LogP contribution in [-0.4, -0.2) is 24.2 Å². The average Bonchev–Trinajstić information content (AvgIpc) is 2.80. The Labute approximate surface area is 114 Å². The molecular formula is C15H23NOS. The normalized spacial score (nSPS) is 21.2. The van der Waals surface area contributed by atoms with Gasteiger partial charge in [0.15, 0.2) is 0 Å². The highest BCUT2D eigenvalue weighted by Gasteiger charge is 2.16. The fraction of sp³-hybridized carbons (Fsp3) is 0.600. The zero-order valence-electron chi connectivity index (χ0n) is 11.3. The van der Waals surface area contributed by atoms with Crippen molar-refractivity contribution in [3.63, 3.8) is 0 Å². The van der Waals surface area contributed by atoms with Gasteiger partial charge in [-0.15, -0.1) is 0 Å². The second-order valence-electron chi connectivity index (χ2n) is 5.20. The molecule has 1 aromatic carbocycles. The molecule has 0 saturated carbocycles. The van der Waals surface area contributed by atoms with Crippen molar-refractivity contribution in [3.8, 4) is 0 Å². The number of aryl methyl sites for hydroxylation is 2. The summed E-state index contributed by atoms with van der Waals surface area (Å²) >= 11 is 1.92. The predicted octanol–water partition coefficient (Wildman–Crippen LogP) is 3.22. The summed E-state index contributed by atoms with van der Waals surface area (Å²) < 4.78 is 5.62. The summed E-state index contributed by atoms with van der Waals surface area (Å²) in [4.78, 5) is 0. The number of rotatable bonds is 5. The SMILES string of the molecule is Cc1cc(C)cc(C(N)CSCC2CCCO2)c1. The number of hydrogen-bond acceptors (Lipinski definition) is 3. The first-order valence-corrected chi connectivity index (χ1v) is 7.84. The molecule has 0 bridgehead atoms. The quantitative estimate of drug-likeness (QED) is 0.888. The van der Waals surface area contributed by atoms with Crippen LogP contribution in [0.25, 0.3) is 0 Å². The smallest absolute Gasteiger partial charge is 0.0666 e. The van der Waals surface area contributed by atoms with Gasteiger partial charge in [0.25, 0.3) is 0 Å². The zero-order chi connectivity index (χ0) is 13.0. The van der Waals surface area contributed by atoms with Crippen LogP contribution in [0, 0.1) is 13.8 Å². The highest BCUT2D eigenvalue weighted by atomic mass is 32.2. The van der Waals surface area contributed by atoms with Crippen LogP contribution in [0.2, 0.25) is 0 Å². The Morgan fingerprint density at radius 1 is 1.33 bits per heavy atom. The minimum absolute atomic E-state index is 0.134. The molecule has 1 aromatic rings. The Hall–Kier alpha value is -0.510. The second kappa shape index (κ2) is 6.60. The van der Waals surface area contributed by atoms with E-state index in [2.05, 4.69) is 32.0 Å². The third-order valence-corrected chi connectivity index (χ3v) is 4.50. The lowest BCUT2D eigenvalue weighted by Crippen LogP contribution is -2.16. The predicted molar refractivity (Wildman–Crippen MR) is 79.1 cm³/mol. The minimum Gasteiger partial charge on any atom is -0.377 e. The van der Waals surface area contributed by atoms with E-state index in [1.807, 2.05) is 11.8 Å². The number of ether oxygens (including phenoxy) is 1. The van der Waals surface area contributed by atoms with Gasteiger partial charge in [-0.25, -0.2) is 0 Å². The summed E-state index contributed by atoms with van der Waals surface area (Å²) in [6.07, 6.45) is 2.89. The van der Waals surface area contributed by atoms with Crippen molar-refractivity contribution in [3.05, 3.63) is 34.9 Å². The molecule has 0 aromatic heterocycles. The van der Waals surface area contributed by atoms with Crippen LogP contribution in [0.1, 0.15) is 35.6 Å². The van der Waals surface area contributed by atoms with Gasteiger partial charge in [-0.3, -0.25) is 0 Å². The van der Waals surface area contributed by atoms with Crippen LogP contribution in [0.5, 0.6) is 0 Å². The first-order chi connectivity index (χ1) is 8.65. The van der Waals surface area contributed by atoms with E-state index in [-0.39, 0.29) is 6.04 Å². The molecular weight excluding hydrogens is 242 g/mol. The molecule has 2 atom stereocenters. The van der Waals surface area contributed by atoms with Crippen LogP contribution in [0.15, 0.2) is 18.2 Å². The summed E-state index contributed by atoms with van der Waals surface area (Å²) in [5.74, 6) is 2.06. The molecule has 1 aliphatic rings. The fourth-order valence-corrected chi connectivity index (χ4v) is 3.53. The Balaban J connectivity index is 1.81. The number of nitrogens with two attached hydrogens (primary N) is 1. The lowest BCUT2D eigenvalue weighted by Gasteiger charge is -2.15. The third-order valence-electron chi connectivity index (χ3n) is 3.30. The maximum absolute atomic E-state index is 6.26. The van der Waals surface area contributed by atoms with Crippen molar-refractivity contribution in [2.24, 2.45) is 5.73 Å². The molecule has 0 spiro atoms. The van der Waals surface area contributed by atoms with Crippen molar-refractivity contribution >= 4 is 11.8 Å². The Morgan fingerprint density at radius 3 is 2.67 bits per heavy atom. The van der Waals surface area contributed by atoms with Gasteiger partial charge in [-0.05, 0) is 32.3 Å². The van der Waals surface area contributed by atoms with Crippen molar-refractivity contribution in [1.82, 2.24) is 0 Å². The van der Waals surface area contributed by atoms with Gasteiger partial charge in [-0.1, -0.05) is 29.3 Å². The largest absolute Gasteiger partial charge is 0.377 e. The number of benzene rings is 1. The van der Waals surface area contributed by atoms with E-state index in [0.29, 0.717) is 6.10 Å². The van der Waals surface area contributed by atoms with Crippen LogP contribution in [0.3, 0.4) is 0 Å². The number of thioether (sulfide) groups is 1. The minimum atomic E-state index is 0.134. The second-order valence-corrected chi connectivity index (χ2v) is 6.27. The van der Waals surface area contributed by atoms with E-state index >= 15 is 0 Å². The molecule has 2 rings (SSSR count). The molecule has 0 aliphatic carbocycles. The van der Waals surface area contributed by atoms with E-state index in [1.54, 1.807) is 0 Å². The van der Waals surface area contributed by atoms with Crippen LogP contribution in [0.4, 0.5) is 0 Å². The first kappa shape index (κ1) is 13.9. The summed E-state index contributed by atoms with van der Waals surface area (Å²) in [5, 5.41) is 0. The number of hydrogen-bond donors (Lipinski definition) is 1. The molecule has 2 N–H and O–H groups in total. The molecule has 2 nitrogen and oxygen atoms in total. The van der Waals surface area contributed by atoms with Crippen LogP contribution >= 0.6 is 11.8 Å². The summed E-state index contributed by atoms with van der Waals surface area (Å²) in [7, 11) is 0. The molecule has 100 valence electrons. The first-order valence-electron chi connectivity index (χ1n) is 6.68. The maximum Gasteiger partial charge on any atom is 0.0666 e. The highest BCUT2D eigenvalue weighted by molar-refractivity contribution is 7.99. The van der Waals surface area contributed by atoms with E-state index in [1.165, 1.54) is 29.5 Å². The molecule has 2 unspecified atom stereocenters. The topological polar surface area (TPSA) is 35.2 Å². The monoisotopic (exact) mass is 265 g/mol. The third kappa shape index (κ3) is 4.01. The van der Waals surface area contributed by atoms with Crippen molar-refractivity contribution in [2.75, 3.05) is 18.1 Å². The molecule has 1 aliphatic heterocycles. The van der Waals surface area contributed by atoms with Gasteiger partial charge < -0.3 is 10.5 Å². The van der Waals surface area contributed by atoms with Crippen LogP contribution in [-0.2, 0) is 4.74 Å². The van der Waals surface area contributed by atoms with E-state index in [9.17, 15) is 0 Å². The van der Waals surface area contributed by atoms with Gasteiger partial charge >= 0.3 is 0 Å². The maximum atomic E-state index is 6.26. The molecule has 18 heavy (non-hydrogen) atoms. The summed E-state index contributed by atoms with van der Waals surface area (Å²) in [6.45, 7) is 5.19. The average molecular weight is 265 g/mol. The molecule has 1 fully saturated rings. The molecule has 1 heterocycles. The molecule has 0 amide bonds. The highest BCUT2D eigenvalue weighted by Crippen LogP contribution is 2.22. The van der Waals surface area contributed by atoms with Gasteiger partial charge in [0, 0.05) is 24.2 Å². The summed E-state index contributed by atoms with van der Waals surface area (Å²) in [5.41, 5.74) is 10.1. The molecule has 1 saturated heterocycles. The summed E-state index contributed by atoms with van der Waals surface area (Å²) in [6, 6.07) is 6.72. The van der Waals surface area contributed by atoms with E-state index < -0.39 is 0 Å². The Kier molecular flexibility index (Phi) is 5.10. The lowest BCUT2D eigenvalue weighted by molar-refractivity contribution is 0.129. The van der Waals surface area contributed by atoms with Gasteiger partial charge in [0.2, 0.25) is 0 Å². The van der Waals surface area contributed by atoms with Crippen LogP contribution < -0.4 is 5.73 Å².